The van der Waals surface area contributed by atoms with Crippen molar-refractivity contribution in [3.05, 3.63) is 37.4 Å². The van der Waals surface area contributed by atoms with Crippen LogP contribution in [0.1, 0.15) is 25.5 Å². The molecule has 0 aliphatic heterocycles. The zero-order chi connectivity index (χ0) is 15.1. The molecule has 110 valence electrons. The summed E-state index contributed by atoms with van der Waals surface area (Å²) in [7, 11) is 0. The second-order valence-electron chi connectivity index (χ2n) is 5.16. The van der Waals surface area contributed by atoms with Crippen molar-refractivity contribution in [2.75, 3.05) is 0 Å². The van der Waals surface area contributed by atoms with Gasteiger partial charge in [-0.1, -0.05) is 6.07 Å². The number of aromatic nitrogens is 2. The number of hydrogen-bond acceptors (Lipinski definition) is 3. The number of rotatable bonds is 3. The van der Waals surface area contributed by atoms with Gasteiger partial charge >= 0.3 is 0 Å². The third-order valence-corrected chi connectivity index (χ3v) is 5.74. The Morgan fingerprint density at radius 1 is 1.29 bits per heavy atom. The fraction of sp³-hybridized carbons (Fsp3) is 0.267. The van der Waals surface area contributed by atoms with Crippen LogP contribution in [0.25, 0.3) is 22.4 Å². The zero-order valence-corrected chi connectivity index (χ0v) is 15.7. The highest BCUT2D eigenvalue weighted by atomic mass is 79.9. The van der Waals surface area contributed by atoms with Crippen molar-refractivity contribution < 1.29 is 0 Å². The predicted molar refractivity (Wildman–Crippen MR) is 96.7 cm³/mol. The molecule has 0 saturated heterocycles. The molecule has 3 rings (SSSR count). The van der Waals surface area contributed by atoms with Crippen molar-refractivity contribution >= 4 is 54.2 Å². The summed E-state index contributed by atoms with van der Waals surface area (Å²) >= 11 is 8.84. The topological polar surface area (TPSA) is 43.8 Å². The maximum atomic E-state index is 5.74. The van der Waals surface area contributed by atoms with Gasteiger partial charge in [0.1, 0.15) is 5.82 Å². The van der Waals surface area contributed by atoms with E-state index in [1.807, 2.05) is 0 Å². The van der Waals surface area contributed by atoms with Gasteiger partial charge < -0.3 is 10.3 Å². The number of thiophene rings is 1. The van der Waals surface area contributed by atoms with Crippen LogP contribution in [0.2, 0.25) is 0 Å². The Kier molecular flexibility index (Phi) is 4.23. The Morgan fingerprint density at radius 3 is 2.62 bits per heavy atom. The number of nitrogens with zero attached hydrogens (tertiary/aromatic N) is 2. The summed E-state index contributed by atoms with van der Waals surface area (Å²) in [5.41, 5.74) is 10.1. The molecule has 0 aliphatic carbocycles. The Hall–Kier alpha value is -0.690. The summed E-state index contributed by atoms with van der Waals surface area (Å²) in [6.45, 7) is 4.89. The molecule has 1 aromatic carbocycles. The predicted octanol–water partition coefficient (Wildman–Crippen LogP) is 5.33. The number of imidazole rings is 1. The van der Waals surface area contributed by atoms with E-state index in [0.717, 1.165) is 35.6 Å². The van der Waals surface area contributed by atoms with Crippen molar-refractivity contribution in [2.45, 2.75) is 26.4 Å². The van der Waals surface area contributed by atoms with E-state index in [9.17, 15) is 0 Å². The summed E-state index contributed by atoms with van der Waals surface area (Å²) in [6.07, 6.45) is 0. The highest BCUT2D eigenvalue weighted by Crippen LogP contribution is 2.40. The van der Waals surface area contributed by atoms with Gasteiger partial charge in [0, 0.05) is 18.2 Å². The molecular weight excluding hydrogens is 414 g/mol. The lowest BCUT2D eigenvalue weighted by molar-refractivity contribution is 0.624. The lowest BCUT2D eigenvalue weighted by Crippen LogP contribution is -2.03. The van der Waals surface area contributed by atoms with Crippen LogP contribution in [0.3, 0.4) is 0 Å². The molecule has 0 bridgehead atoms. The van der Waals surface area contributed by atoms with Gasteiger partial charge in [0.15, 0.2) is 0 Å². The first-order chi connectivity index (χ1) is 10.0. The Bertz CT molecular complexity index is 805. The summed E-state index contributed by atoms with van der Waals surface area (Å²) in [4.78, 5) is 4.85. The van der Waals surface area contributed by atoms with Gasteiger partial charge in [0.05, 0.1) is 18.6 Å². The minimum absolute atomic E-state index is 0.333. The summed E-state index contributed by atoms with van der Waals surface area (Å²) in [5, 5.41) is 0. The normalized spacial score (nSPS) is 11.7. The molecule has 0 fully saturated rings. The van der Waals surface area contributed by atoms with E-state index in [1.54, 1.807) is 11.3 Å². The minimum atomic E-state index is 0.333. The van der Waals surface area contributed by atoms with Crippen molar-refractivity contribution in [3.63, 3.8) is 0 Å². The SMILES string of the molecule is CC(C)n1c(-c2cc(Br)sc2Br)nc2cc(CN)ccc21. The molecule has 2 aromatic heterocycles. The Morgan fingerprint density at radius 2 is 2.05 bits per heavy atom. The second-order valence-corrected chi connectivity index (χ2v) is 8.91. The monoisotopic (exact) mass is 427 g/mol. The number of fused-ring (bicyclic) bond motifs is 1. The van der Waals surface area contributed by atoms with Crippen LogP contribution < -0.4 is 5.73 Å². The van der Waals surface area contributed by atoms with Gasteiger partial charge in [-0.3, -0.25) is 0 Å². The van der Waals surface area contributed by atoms with Gasteiger partial charge in [-0.2, -0.15) is 0 Å². The molecule has 0 saturated carbocycles. The highest BCUT2D eigenvalue weighted by Gasteiger charge is 2.18. The molecule has 3 nitrogen and oxygen atoms in total. The standard InChI is InChI=1S/C15H15Br2N3S/c1-8(2)20-12-4-3-9(7-18)5-11(12)19-15(20)10-6-13(16)21-14(10)17/h3-6,8H,7,18H2,1-2H3. The summed E-state index contributed by atoms with van der Waals surface area (Å²) < 4.78 is 4.45. The first-order valence-corrected chi connectivity index (χ1v) is 9.07. The number of halogens is 2. The van der Waals surface area contributed by atoms with E-state index in [4.69, 9.17) is 10.7 Å². The van der Waals surface area contributed by atoms with E-state index in [1.165, 1.54) is 0 Å². The molecule has 2 heterocycles. The quantitative estimate of drug-likeness (QED) is 0.612. The molecule has 0 atom stereocenters. The molecule has 0 radical (unpaired) electrons. The van der Waals surface area contributed by atoms with E-state index in [0.29, 0.717) is 12.6 Å². The second kappa shape index (κ2) is 5.83. The van der Waals surface area contributed by atoms with Crippen molar-refractivity contribution in [2.24, 2.45) is 5.73 Å². The molecular formula is C15H15Br2N3S. The molecule has 0 spiro atoms. The van der Waals surface area contributed by atoms with E-state index in [2.05, 4.69) is 74.5 Å². The zero-order valence-electron chi connectivity index (χ0n) is 11.7. The van der Waals surface area contributed by atoms with Crippen LogP contribution in [-0.4, -0.2) is 9.55 Å². The van der Waals surface area contributed by atoms with Crippen LogP contribution in [0.4, 0.5) is 0 Å². The van der Waals surface area contributed by atoms with Gasteiger partial charge in [-0.15, -0.1) is 11.3 Å². The molecule has 2 N–H and O–H groups in total. The molecule has 3 aromatic rings. The molecule has 0 unspecified atom stereocenters. The van der Waals surface area contributed by atoms with Crippen molar-refractivity contribution in [3.8, 4) is 11.4 Å². The molecule has 21 heavy (non-hydrogen) atoms. The van der Waals surface area contributed by atoms with E-state index >= 15 is 0 Å². The van der Waals surface area contributed by atoms with Gasteiger partial charge in [0.25, 0.3) is 0 Å². The lowest BCUT2D eigenvalue weighted by Gasteiger charge is -2.12. The van der Waals surface area contributed by atoms with Crippen molar-refractivity contribution in [1.29, 1.82) is 0 Å². The molecule has 0 aliphatic rings. The van der Waals surface area contributed by atoms with Crippen LogP contribution in [0.5, 0.6) is 0 Å². The average molecular weight is 429 g/mol. The Balaban J connectivity index is 2.31. The maximum Gasteiger partial charge on any atom is 0.143 e. The van der Waals surface area contributed by atoms with Crippen LogP contribution in [0.15, 0.2) is 31.8 Å². The fourth-order valence-corrected chi connectivity index (χ4v) is 5.27. The lowest BCUT2D eigenvalue weighted by atomic mass is 10.2. The minimum Gasteiger partial charge on any atom is -0.326 e. The third kappa shape index (κ3) is 2.70. The van der Waals surface area contributed by atoms with Crippen LogP contribution >= 0.6 is 43.2 Å². The molecule has 6 heteroatoms. The number of nitrogens with two attached hydrogens (primary N) is 1. The van der Waals surface area contributed by atoms with Gasteiger partial charge in [-0.25, -0.2) is 4.98 Å². The largest absolute Gasteiger partial charge is 0.326 e. The smallest absolute Gasteiger partial charge is 0.143 e. The first-order valence-electron chi connectivity index (χ1n) is 6.67. The van der Waals surface area contributed by atoms with Crippen LogP contribution in [-0.2, 0) is 6.54 Å². The van der Waals surface area contributed by atoms with E-state index in [-0.39, 0.29) is 0 Å². The summed E-state index contributed by atoms with van der Waals surface area (Å²) in [5.74, 6) is 0.989. The summed E-state index contributed by atoms with van der Waals surface area (Å²) in [6, 6.07) is 8.71. The van der Waals surface area contributed by atoms with Crippen LogP contribution in [0, 0.1) is 0 Å². The van der Waals surface area contributed by atoms with Crippen molar-refractivity contribution in [1.82, 2.24) is 9.55 Å². The molecule has 0 amide bonds. The number of benzene rings is 1. The highest BCUT2D eigenvalue weighted by molar-refractivity contribution is 9.12. The average Bonchev–Trinajstić information content (AvgIpc) is 2.97. The maximum absolute atomic E-state index is 5.74. The number of hydrogen-bond donors (Lipinski definition) is 1. The van der Waals surface area contributed by atoms with E-state index < -0.39 is 0 Å². The third-order valence-electron chi connectivity index (χ3n) is 3.40. The first kappa shape index (κ1) is 15.2. The Labute approximate surface area is 144 Å². The van der Waals surface area contributed by atoms with Gasteiger partial charge in [0.2, 0.25) is 0 Å². The fourth-order valence-electron chi connectivity index (χ4n) is 2.48. The van der Waals surface area contributed by atoms with Gasteiger partial charge in [-0.05, 0) is 69.5 Å².